The lowest BCUT2D eigenvalue weighted by Crippen LogP contribution is -2.32. The van der Waals surface area contributed by atoms with Crippen LogP contribution in [0.2, 0.25) is 0 Å². The molecule has 0 amide bonds. The Morgan fingerprint density at radius 2 is 2.25 bits per heavy atom. The van der Waals surface area contributed by atoms with Crippen LogP contribution in [0.25, 0.3) is 0 Å². The summed E-state index contributed by atoms with van der Waals surface area (Å²) in [5.41, 5.74) is 0. The van der Waals surface area contributed by atoms with Gasteiger partial charge in [0.15, 0.2) is 0 Å². The van der Waals surface area contributed by atoms with Gasteiger partial charge in [-0.2, -0.15) is 11.8 Å². The zero-order chi connectivity index (χ0) is 14.6. The highest BCUT2D eigenvalue weighted by atomic mass is 79.9. The molecule has 1 aliphatic heterocycles. The van der Waals surface area contributed by atoms with E-state index in [0.29, 0.717) is 22.0 Å². The average molecular weight is 380 g/mol. The number of nitrogens with one attached hydrogen (secondary N) is 1. The van der Waals surface area contributed by atoms with Gasteiger partial charge in [-0.3, -0.25) is 0 Å². The van der Waals surface area contributed by atoms with Crippen LogP contribution in [0, 0.1) is 0 Å². The van der Waals surface area contributed by atoms with Crippen LogP contribution in [-0.4, -0.2) is 33.1 Å². The average Bonchev–Trinajstić information content (AvgIpc) is 2.46. The van der Waals surface area contributed by atoms with Crippen LogP contribution >= 0.6 is 27.7 Å². The maximum Gasteiger partial charge on any atom is 0.244 e. The molecular formula is C13H18BrNO3S2. The summed E-state index contributed by atoms with van der Waals surface area (Å²) in [6, 6.07) is 4.97. The minimum Gasteiger partial charge on any atom is -0.495 e. The van der Waals surface area contributed by atoms with Crippen molar-refractivity contribution in [3.05, 3.63) is 22.7 Å². The molecule has 1 N–H and O–H groups in total. The predicted molar refractivity (Wildman–Crippen MR) is 86.0 cm³/mol. The topological polar surface area (TPSA) is 55.4 Å². The van der Waals surface area contributed by atoms with Crippen LogP contribution < -0.4 is 9.46 Å². The van der Waals surface area contributed by atoms with E-state index < -0.39 is 10.0 Å². The van der Waals surface area contributed by atoms with Crippen LogP contribution in [0.5, 0.6) is 5.75 Å². The predicted octanol–water partition coefficient (Wildman–Crippen LogP) is 3.02. The molecule has 0 saturated carbocycles. The van der Waals surface area contributed by atoms with Gasteiger partial charge in [-0.15, -0.1) is 0 Å². The van der Waals surface area contributed by atoms with Crippen molar-refractivity contribution in [3.8, 4) is 5.75 Å². The lowest BCUT2D eigenvalue weighted by atomic mass is 10.2. The summed E-state index contributed by atoms with van der Waals surface area (Å²) in [7, 11) is -2.07. The molecule has 1 saturated heterocycles. The second-order valence-corrected chi connectivity index (χ2v) is 8.69. The lowest BCUT2D eigenvalue weighted by molar-refractivity contribution is 0.402. The molecule has 112 valence electrons. The molecule has 7 heteroatoms. The summed E-state index contributed by atoms with van der Waals surface area (Å²) >= 11 is 5.14. The first-order valence-corrected chi connectivity index (χ1v) is 9.80. The van der Waals surface area contributed by atoms with E-state index >= 15 is 0 Å². The fraction of sp³-hybridized carbons (Fsp3) is 0.538. The molecule has 0 aliphatic carbocycles. The summed E-state index contributed by atoms with van der Waals surface area (Å²) < 4.78 is 33.3. The van der Waals surface area contributed by atoms with E-state index in [0.717, 1.165) is 12.2 Å². The Bertz CT molecular complexity index is 557. The number of sulfonamides is 1. The molecule has 20 heavy (non-hydrogen) atoms. The van der Waals surface area contributed by atoms with Crippen molar-refractivity contribution in [1.82, 2.24) is 4.72 Å². The molecule has 4 nitrogen and oxygen atoms in total. The van der Waals surface area contributed by atoms with Crippen molar-refractivity contribution >= 4 is 37.7 Å². The second kappa shape index (κ2) is 7.15. The Balaban J connectivity index is 2.11. The van der Waals surface area contributed by atoms with Gasteiger partial charge >= 0.3 is 0 Å². The first-order valence-electron chi connectivity index (χ1n) is 6.48. The normalized spacial score (nSPS) is 19.8. The van der Waals surface area contributed by atoms with Crippen molar-refractivity contribution in [2.75, 3.05) is 19.4 Å². The minimum atomic E-state index is -3.54. The van der Waals surface area contributed by atoms with Crippen molar-refractivity contribution in [2.45, 2.75) is 29.4 Å². The van der Waals surface area contributed by atoms with Gasteiger partial charge in [-0.25, -0.2) is 13.1 Å². The largest absolute Gasteiger partial charge is 0.495 e. The summed E-state index contributed by atoms with van der Waals surface area (Å²) in [4.78, 5) is 0.176. The molecule has 1 fully saturated rings. The molecule has 1 aromatic rings. The Morgan fingerprint density at radius 3 is 2.90 bits per heavy atom. The third kappa shape index (κ3) is 4.13. The fourth-order valence-corrected chi connectivity index (χ4v) is 5.24. The number of thioether (sulfide) groups is 1. The molecule has 0 spiro atoms. The smallest absolute Gasteiger partial charge is 0.244 e. The van der Waals surface area contributed by atoms with Crippen LogP contribution in [0.3, 0.4) is 0 Å². The minimum absolute atomic E-state index is 0.176. The van der Waals surface area contributed by atoms with Crippen molar-refractivity contribution in [3.63, 3.8) is 0 Å². The summed E-state index contributed by atoms with van der Waals surface area (Å²) in [5, 5.41) is 0.372. The number of methoxy groups -OCH3 is 1. The molecule has 0 aromatic heterocycles. The highest BCUT2D eigenvalue weighted by Crippen LogP contribution is 2.28. The Morgan fingerprint density at radius 1 is 1.45 bits per heavy atom. The van der Waals surface area contributed by atoms with E-state index in [1.807, 2.05) is 11.8 Å². The summed E-state index contributed by atoms with van der Waals surface area (Å²) in [6.07, 6.45) is 3.48. The number of halogens is 1. The number of benzene rings is 1. The van der Waals surface area contributed by atoms with E-state index in [-0.39, 0.29) is 4.90 Å². The van der Waals surface area contributed by atoms with Gasteiger partial charge < -0.3 is 4.74 Å². The van der Waals surface area contributed by atoms with Crippen LogP contribution in [0.15, 0.2) is 27.6 Å². The van der Waals surface area contributed by atoms with Crippen LogP contribution in [-0.2, 0) is 10.0 Å². The second-order valence-electron chi connectivity index (χ2n) is 4.64. The highest BCUT2D eigenvalue weighted by Gasteiger charge is 2.22. The highest BCUT2D eigenvalue weighted by molar-refractivity contribution is 9.10. The van der Waals surface area contributed by atoms with Crippen molar-refractivity contribution in [1.29, 1.82) is 0 Å². The van der Waals surface area contributed by atoms with Gasteiger partial charge in [0.25, 0.3) is 0 Å². The SMILES string of the molecule is COc1ccc(Br)cc1S(=O)(=O)NCC1CCCCS1. The maximum atomic E-state index is 12.4. The number of ether oxygens (including phenoxy) is 1. The first kappa shape index (κ1) is 16.1. The Kier molecular flexibility index (Phi) is 5.77. The third-order valence-corrected chi connectivity index (χ3v) is 6.53. The molecule has 1 aliphatic rings. The van der Waals surface area contributed by atoms with E-state index in [4.69, 9.17) is 4.74 Å². The number of hydrogen-bond donors (Lipinski definition) is 1. The van der Waals surface area contributed by atoms with E-state index in [1.54, 1.807) is 18.2 Å². The quantitative estimate of drug-likeness (QED) is 0.853. The number of rotatable bonds is 5. The van der Waals surface area contributed by atoms with Crippen LogP contribution in [0.4, 0.5) is 0 Å². The van der Waals surface area contributed by atoms with E-state index in [1.165, 1.54) is 20.0 Å². The Labute approximate surface area is 132 Å². The third-order valence-electron chi connectivity index (χ3n) is 3.19. The molecule has 0 bridgehead atoms. The van der Waals surface area contributed by atoms with E-state index in [9.17, 15) is 8.42 Å². The van der Waals surface area contributed by atoms with Crippen molar-refractivity contribution < 1.29 is 13.2 Å². The van der Waals surface area contributed by atoms with Crippen molar-refractivity contribution in [2.24, 2.45) is 0 Å². The summed E-state index contributed by atoms with van der Waals surface area (Å²) in [5.74, 6) is 1.48. The fourth-order valence-electron chi connectivity index (χ4n) is 2.11. The molecule has 1 atom stereocenters. The van der Waals surface area contributed by atoms with Gasteiger partial charge in [0, 0.05) is 16.3 Å². The van der Waals surface area contributed by atoms with Gasteiger partial charge in [0.1, 0.15) is 10.6 Å². The van der Waals surface area contributed by atoms with Gasteiger partial charge in [0.05, 0.1) is 7.11 Å². The molecule has 2 rings (SSSR count). The van der Waals surface area contributed by atoms with Crippen LogP contribution in [0.1, 0.15) is 19.3 Å². The van der Waals surface area contributed by atoms with Gasteiger partial charge in [-0.05, 0) is 36.8 Å². The molecule has 0 radical (unpaired) electrons. The summed E-state index contributed by atoms with van der Waals surface area (Å²) in [6.45, 7) is 0.475. The molecular weight excluding hydrogens is 362 g/mol. The maximum absolute atomic E-state index is 12.4. The molecule has 1 heterocycles. The van der Waals surface area contributed by atoms with Gasteiger partial charge in [-0.1, -0.05) is 22.4 Å². The monoisotopic (exact) mass is 379 g/mol. The van der Waals surface area contributed by atoms with Gasteiger partial charge in [0.2, 0.25) is 10.0 Å². The van der Waals surface area contributed by atoms with E-state index in [2.05, 4.69) is 20.7 Å². The lowest BCUT2D eigenvalue weighted by Gasteiger charge is -2.21. The standard InChI is InChI=1S/C13H18BrNO3S2/c1-18-12-6-5-10(14)8-13(12)20(16,17)15-9-11-4-2-3-7-19-11/h5-6,8,11,15H,2-4,7,9H2,1H3. The zero-order valence-electron chi connectivity index (χ0n) is 11.3. The first-order chi connectivity index (χ1) is 9.53. The Hall–Kier alpha value is -0.240. The molecule has 1 unspecified atom stereocenters. The zero-order valence-corrected chi connectivity index (χ0v) is 14.5. The molecule has 1 aromatic carbocycles. The number of hydrogen-bond acceptors (Lipinski definition) is 4.